The summed E-state index contributed by atoms with van der Waals surface area (Å²) in [4.78, 5) is 12.3. The Balaban J connectivity index is 1.58. The summed E-state index contributed by atoms with van der Waals surface area (Å²) in [7, 11) is 0. The van der Waals surface area contributed by atoms with Crippen LogP contribution in [-0.2, 0) is 6.61 Å². The molecule has 0 saturated carbocycles. The van der Waals surface area contributed by atoms with Crippen LogP contribution in [0.25, 0.3) is 0 Å². The summed E-state index contributed by atoms with van der Waals surface area (Å²) < 4.78 is 11.2. The van der Waals surface area contributed by atoms with Crippen molar-refractivity contribution in [2.45, 2.75) is 19.6 Å². The second kappa shape index (κ2) is 7.90. The predicted molar refractivity (Wildman–Crippen MR) is 96.8 cm³/mol. The van der Waals surface area contributed by atoms with Crippen LogP contribution in [-0.4, -0.2) is 5.91 Å². The predicted octanol–water partition coefficient (Wildman–Crippen LogP) is 5.00. The maximum Gasteiger partial charge on any atom is 0.287 e. The molecule has 4 nitrogen and oxygen atoms in total. The Bertz CT molecular complexity index is 845. The largest absolute Gasteiger partial charge is 0.486 e. The van der Waals surface area contributed by atoms with E-state index in [-0.39, 0.29) is 24.3 Å². The van der Waals surface area contributed by atoms with Gasteiger partial charge in [-0.25, -0.2) is 0 Å². The smallest absolute Gasteiger partial charge is 0.287 e. The molecule has 0 radical (unpaired) electrons. The maximum absolute atomic E-state index is 12.3. The SMILES string of the molecule is CC(NC(=O)c1ccc(COc2ccccc2)o1)c1cccc(Cl)c1. The molecule has 0 aliphatic heterocycles. The number of carbonyl (C=O) groups is 1. The lowest BCUT2D eigenvalue weighted by Crippen LogP contribution is -2.26. The van der Waals surface area contributed by atoms with Crippen molar-refractivity contribution in [2.24, 2.45) is 0 Å². The van der Waals surface area contributed by atoms with E-state index in [0.717, 1.165) is 11.3 Å². The number of furan rings is 1. The lowest BCUT2D eigenvalue weighted by atomic mass is 10.1. The van der Waals surface area contributed by atoms with Gasteiger partial charge in [-0.1, -0.05) is 41.9 Å². The van der Waals surface area contributed by atoms with E-state index >= 15 is 0 Å². The van der Waals surface area contributed by atoms with Gasteiger partial charge in [0.1, 0.15) is 18.1 Å². The number of ether oxygens (including phenoxy) is 1. The zero-order valence-electron chi connectivity index (χ0n) is 13.7. The quantitative estimate of drug-likeness (QED) is 0.676. The third-order valence-electron chi connectivity index (χ3n) is 3.71. The van der Waals surface area contributed by atoms with Gasteiger partial charge >= 0.3 is 0 Å². The number of halogens is 1. The standard InChI is InChI=1S/C20H18ClNO3/c1-14(15-6-5-7-16(21)12-15)22-20(23)19-11-10-18(25-19)13-24-17-8-3-2-4-9-17/h2-12,14H,13H2,1H3,(H,22,23). The number of rotatable bonds is 6. The van der Waals surface area contributed by atoms with Crippen molar-refractivity contribution in [3.8, 4) is 5.75 Å². The van der Waals surface area contributed by atoms with Gasteiger partial charge in [-0.2, -0.15) is 0 Å². The molecule has 0 aliphatic rings. The van der Waals surface area contributed by atoms with E-state index in [4.69, 9.17) is 20.8 Å². The summed E-state index contributed by atoms with van der Waals surface area (Å²) in [5, 5.41) is 3.53. The first-order valence-electron chi connectivity index (χ1n) is 7.95. The van der Waals surface area contributed by atoms with E-state index in [9.17, 15) is 4.79 Å². The molecule has 2 aromatic carbocycles. The third-order valence-corrected chi connectivity index (χ3v) is 3.94. The summed E-state index contributed by atoms with van der Waals surface area (Å²) in [6.07, 6.45) is 0. The number of para-hydroxylation sites is 1. The van der Waals surface area contributed by atoms with Gasteiger partial charge in [0.2, 0.25) is 0 Å². The van der Waals surface area contributed by atoms with Crippen molar-refractivity contribution in [1.82, 2.24) is 5.32 Å². The van der Waals surface area contributed by atoms with E-state index in [2.05, 4.69) is 5.32 Å². The molecule has 0 fully saturated rings. The number of nitrogens with one attached hydrogen (secondary N) is 1. The lowest BCUT2D eigenvalue weighted by Gasteiger charge is -2.13. The molecule has 0 aliphatic carbocycles. The highest BCUT2D eigenvalue weighted by atomic mass is 35.5. The van der Waals surface area contributed by atoms with Crippen molar-refractivity contribution < 1.29 is 13.9 Å². The van der Waals surface area contributed by atoms with Crippen molar-refractivity contribution >= 4 is 17.5 Å². The normalized spacial score (nSPS) is 11.8. The Kier molecular flexibility index (Phi) is 5.41. The van der Waals surface area contributed by atoms with Gasteiger partial charge in [0.25, 0.3) is 5.91 Å². The molecule has 1 unspecified atom stereocenters. The van der Waals surface area contributed by atoms with Gasteiger partial charge in [-0.3, -0.25) is 4.79 Å². The Morgan fingerprint density at radius 2 is 1.92 bits per heavy atom. The summed E-state index contributed by atoms with van der Waals surface area (Å²) in [5.41, 5.74) is 0.931. The highest BCUT2D eigenvalue weighted by Crippen LogP contribution is 2.19. The van der Waals surface area contributed by atoms with E-state index in [1.54, 1.807) is 18.2 Å². The van der Waals surface area contributed by atoms with E-state index in [1.807, 2.05) is 55.5 Å². The highest BCUT2D eigenvalue weighted by molar-refractivity contribution is 6.30. The third kappa shape index (κ3) is 4.64. The molecule has 1 aromatic heterocycles. The minimum Gasteiger partial charge on any atom is -0.486 e. The average molecular weight is 356 g/mol. The molecule has 0 spiro atoms. The van der Waals surface area contributed by atoms with Crippen LogP contribution in [0.3, 0.4) is 0 Å². The molecular weight excluding hydrogens is 338 g/mol. The first-order chi connectivity index (χ1) is 12.1. The molecule has 1 heterocycles. The Labute approximate surface area is 151 Å². The topological polar surface area (TPSA) is 51.5 Å². The number of carbonyl (C=O) groups excluding carboxylic acids is 1. The summed E-state index contributed by atoms with van der Waals surface area (Å²) >= 11 is 5.99. The van der Waals surface area contributed by atoms with Gasteiger partial charge in [0, 0.05) is 5.02 Å². The van der Waals surface area contributed by atoms with Crippen molar-refractivity contribution in [1.29, 1.82) is 0 Å². The number of amides is 1. The molecule has 0 saturated heterocycles. The van der Waals surface area contributed by atoms with Gasteiger partial charge in [-0.15, -0.1) is 0 Å². The number of hydrogen-bond donors (Lipinski definition) is 1. The van der Waals surface area contributed by atoms with E-state index in [0.29, 0.717) is 10.8 Å². The molecule has 5 heteroatoms. The molecule has 25 heavy (non-hydrogen) atoms. The molecule has 128 valence electrons. The highest BCUT2D eigenvalue weighted by Gasteiger charge is 2.15. The minimum absolute atomic E-state index is 0.180. The minimum atomic E-state index is -0.279. The van der Waals surface area contributed by atoms with Gasteiger partial charge < -0.3 is 14.5 Å². The van der Waals surface area contributed by atoms with Crippen molar-refractivity contribution in [3.63, 3.8) is 0 Å². The Hall–Kier alpha value is -2.72. The first kappa shape index (κ1) is 17.1. The summed E-state index contributed by atoms with van der Waals surface area (Å²) in [5.74, 6) is 1.31. The Morgan fingerprint density at radius 1 is 1.12 bits per heavy atom. The van der Waals surface area contributed by atoms with Crippen LogP contribution in [0.4, 0.5) is 0 Å². The lowest BCUT2D eigenvalue weighted by molar-refractivity contribution is 0.0907. The fourth-order valence-corrected chi connectivity index (χ4v) is 2.57. The van der Waals surface area contributed by atoms with Gasteiger partial charge in [-0.05, 0) is 48.9 Å². The molecular formula is C20H18ClNO3. The molecule has 1 atom stereocenters. The zero-order chi connectivity index (χ0) is 17.6. The molecule has 3 aromatic rings. The van der Waals surface area contributed by atoms with Crippen LogP contribution in [0.2, 0.25) is 5.02 Å². The average Bonchev–Trinajstić information content (AvgIpc) is 3.10. The van der Waals surface area contributed by atoms with E-state index in [1.165, 1.54) is 0 Å². The zero-order valence-corrected chi connectivity index (χ0v) is 14.5. The van der Waals surface area contributed by atoms with Crippen molar-refractivity contribution in [3.05, 3.63) is 88.8 Å². The second-order valence-electron chi connectivity index (χ2n) is 5.62. The van der Waals surface area contributed by atoms with Gasteiger partial charge in [0.15, 0.2) is 5.76 Å². The summed E-state index contributed by atoms with van der Waals surface area (Å²) in [6.45, 7) is 2.16. The number of hydrogen-bond acceptors (Lipinski definition) is 3. The first-order valence-corrected chi connectivity index (χ1v) is 8.32. The molecule has 1 N–H and O–H groups in total. The maximum atomic E-state index is 12.3. The van der Waals surface area contributed by atoms with Crippen LogP contribution in [0.5, 0.6) is 5.75 Å². The van der Waals surface area contributed by atoms with Crippen molar-refractivity contribution in [2.75, 3.05) is 0 Å². The second-order valence-corrected chi connectivity index (χ2v) is 6.05. The molecule has 0 bridgehead atoms. The van der Waals surface area contributed by atoms with Crippen LogP contribution in [0.1, 0.15) is 34.8 Å². The monoisotopic (exact) mass is 355 g/mol. The fraction of sp³-hybridized carbons (Fsp3) is 0.150. The van der Waals surface area contributed by atoms with Crippen LogP contribution in [0, 0.1) is 0 Å². The van der Waals surface area contributed by atoms with Crippen LogP contribution in [0.15, 0.2) is 71.1 Å². The summed E-state index contributed by atoms with van der Waals surface area (Å²) in [6, 6.07) is 20.0. The number of benzene rings is 2. The van der Waals surface area contributed by atoms with E-state index < -0.39 is 0 Å². The molecule has 3 rings (SSSR count). The van der Waals surface area contributed by atoms with Crippen LogP contribution < -0.4 is 10.1 Å². The van der Waals surface area contributed by atoms with Gasteiger partial charge in [0.05, 0.1) is 6.04 Å². The Morgan fingerprint density at radius 3 is 2.68 bits per heavy atom. The van der Waals surface area contributed by atoms with Crippen LogP contribution >= 0.6 is 11.6 Å². The fourth-order valence-electron chi connectivity index (χ4n) is 2.38. The molecule has 1 amide bonds.